The summed E-state index contributed by atoms with van der Waals surface area (Å²) < 4.78 is 0. The number of hydrogen-bond donors (Lipinski definition) is 0. The quantitative estimate of drug-likeness (QED) is 0.602. The molecular weight excluding hydrogens is 240 g/mol. The highest BCUT2D eigenvalue weighted by molar-refractivity contribution is 7.58. The minimum Gasteiger partial charge on any atom is -0.740 e. The Morgan fingerprint density at radius 1 is 1.06 bits per heavy atom. The monoisotopic (exact) mass is 247 g/mol. The molecule has 0 saturated carbocycles. The Bertz CT molecular complexity index is 509. The highest BCUT2D eigenvalue weighted by Crippen LogP contribution is 2.11. The third kappa shape index (κ3) is 3.02. The summed E-state index contributed by atoms with van der Waals surface area (Å²) in [6, 6.07) is 9.38. The Kier molecular flexibility index (Phi) is 3.49. The molecule has 0 unspecified atom stereocenters. The van der Waals surface area contributed by atoms with Gasteiger partial charge in [0.05, 0.1) is 5.69 Å². The zero-order chi connectivity index (χ0) is 11.4. The van der Waals surface area contributed by atoms with Crippen LogP contribution in [0.2, 0.25) is 5.02 Å². The number of hydrogen-bond acceptors (Lipinski definition) is 3. The minimum atomic E-state index is 0.359. The predicted molar refractivity (Wildman–Crippen MR) is 68.0 cm³/mol. The first-order valence-corrected chi connectivity index (χ1v) is 5.46. The second-order valence-electron chi connectivity index (χ2n) is 3.15. The van der Waals surface area contributed by atoms with Crippen molar-refractivity contribution < 1.29 is 0 Å². The third-order valence-electron chi connectivity index (χ3n) is 1.97. The smallest absolute Gasteiger partial charge is 0.0645 e. The Labute approximate surface area is 104 Å². The van der Waals surface area contributed by atoms with Gasteiger partial charge in [-0.25, -0.2) is 0 Å². The normalized spacial score (nSPS) is 10.8. The molecule has 0 aliphatic rings. The fourth-order valence-electron chi connectivity index (χ4n) is 1.20. The predicted octanol–water partition coefficient (Wildman–Crippen LogP) is 3.21. The molecule has 4 heteroatoms. The fourth-order valence-corrected chi connectivity index (χ4v) is 1.49. The van der Waals surface area contributed by atoms with Crippen molar-refractivity contribution in [3.8, 4) is 0 Å². The van der Waals surface area contributed by atoms with Crippen LogP contribution in [0.1, 0.15) is 11.3 Å². The third-order valence-corrected chi connectivity index (χ3v) is 2.42. The van der Waals surface area contributed by atoms with E-state index in [1.807, 2.05) is 42.5 Å². The van der Waals surface area contributed by atoms with Crippen LogP contribution in [0.4, 0.5) is 0 Å². The lowest BCUT2D eigenvalue weighted by Crippen LogP contribution is -1.87. The Morgan fingerprint density at radius 3 is 2.50 bits per heavy atom. The Morgan fingerprint density at radius 2 is 1.81 bits per heavy atom. The van der Waals surface area contributed by atoms with Crippen LogP contribution >= 0.6 is 11.6 Å². The van der Waals surface area contributed by atoms with Gasteiger partial charge < -0.3 is 12.6 Å². The maximum absolute atomic E-state index is 5.79. The van der Waals surface area contributed by atoms with Crippen LogP contribution in [0.25, 0.3) is 12.2 Å². The molecule has 0 atom stereocenters. The van der Waals surface area contributed by atoms with Gasteiger partial charge in [0.25, 0.3) is 0 Å². The van der Waals surface area contributed by atoms with Gasteiger partial charge in [-0.3, -0.25) is 9.97 Å². The van der Waals surface area contributed by atoms with E-state index < -0.39 is 0 Å². The highest BCUT2D eigenvalue weighted by atomic mass is 35.5. The van der Waals surface area contributed by atoms with Crippen LogP contribution in [-0.4, -0.2) is 9.97 Å². The first-order valence-electron chi connectivity index (χ1n) is 4.68. The Balaban J connectivity index is 2.18. The topological polar surface area (TPSA) is 25.8 Å². The van der Waals surface area contributed by atoms with E-state index in [0.717, 1.165) is 16.3 Å². The zero-order valence-electron chi connectivity index (χ0n) is 8.30. The fraction of sp³-hybridized carbons (Fsp3) is 0. The average molecular weight is 248 g/mol. The van der Waals surface area contributed by atoms with Crippen LogP contribution in [0.15, 0.2) is 41.7 Å². The molecule has 1 aromatic carbocycles. The molecule has 0 aliphatic carbocycles. The largest absolute Gasteiger partial charge is 0.740 e. The van der Waals surface area contributed by atoms with Crippen LogP contribution in [0, 0.1) is 0 Å². The molecule has 0 fully saturated rings. The van der Waals surface area contributed by atoms with Crippen molar-refractivity contribution >= 4 is 36.4 Å². The SMILES string of the molecule is [S-]c1nccc(C=Cc2ccc(Cl)cc2)n1. The van der Waals surface area contributed by atoms with Crippen molar-refractivity contribution in [1.29, 1.82) is 0 Å². The standard InChI is InChI=1S/C12H9ClN2S/c13-10-4-1-9(2-5-10)3-6-11-7-8-14-12(16)15-11/h1-8H,(H,14,15,16)/p-1. The van der Waals surface area contributed by atoms with Gasteiger partial charge in [0.15, 0.2) is 0 Å². The molecular formula is C12H8ClN2S-. The van der Waals surface area contributed by atoms with E-state index in [9.17, 15) is 0 Å². The average Bonchev–Trinajstić information content (AvgIpc) is 2.28. The lowest BCUT2D eigenvalue weighted by Gasteiger charge is -2.02. The summed E-state index contributed by atoms with van der Waals surface area (Å²) >= 11 is 10.7. The van der Waals surface area contributed by atoms with Crippen molar-refractivity contribution in [2.45, 2.75) is 5.16 Å². The number of benzene rings is 1. The molecule has 16 heavy (non-hydrogen) atoms. The summed E-state index contributed by atoms with van der Waals surface area (Å²) in [4.78, 5) is 7.96. The van der Waals surface area contributed by atoms with Crippen LogP contribution in [0.3, 0.4) is 0 Å². The Hall–Kier alpha value is -1.45. The van der Waals surface area contributed by atoms with Crippen LogP contribution in [0.5, 0.6) is 0 Å². The lowest BCUT2D eigenvalue weighted by atomic mass is 10.2. The molecule has 0 radical (unpaired) electrons. The van der Waals surface area contributed by atoms with E-state index in [0.29, 0.717) is 5.16 Å². The van der Waals surface area contributed by atoms with Crippen molar-refractivity contribution in [2.75, 3.05) is 0 Å². The molecule has 80 valence electrons. The van der Waals surface area contributed by atoms with E-state index in [4.69, 9.17) is 24.2 Å². The first-order chi connectivity index (χ1) is 7.74. The van der Waals surface area contributed by atoms with Gasteiger partial charge in [-0.1, -0.05) is 29.8 Å². The zero-order valence-corrected chi connectivity index (χ0v) is 9.87. The summed E-state index contributed by atoms with van der Waals surface area (Å²) in [7, 11) is 0. The summed E-state index contributed by atoms with van der Waals surface area (Å²) in [5, 5.41) is 1.09. The number of rotatable bonds is 2. The van der Waals surface area contributed by atoms with Gasteiger partial charge in [0.2, 0.25) is 0 Å². The summed E-state index contributed by atoms with van der Waals surface area (Å²) in [5.41, 5.74) is 1.86. The second kappa shape index (κ2) is 5.05. The van der Waals surface area contributed by atoms with E-state index in [1.54, 1.807) is 6.20 Å². The molecule has 2 aromatic rings. The maximum Gasteiger partial charge on any atom is 0.0645 e. The van der Waals surface area contributed by atoms with Crippen LogP contribution < -0.4 is 0 Å². The maximum atomic E-state index is 5.79. The molecule has 0 N–H and O–H groups in total. The molecule has 0 aliphatic heterocycles. The molecule has 1 aromatic heterocycles. The summed E-state index contributed by atoms with van der Waals surface area (Å²) in [6.45, 7) is 0. The number of aromatic nitrogens is 2. The first kappa shape index (κ1) is 11.0. The van der Waals surface area contributed by atoms with Crippen molar-refractivity contribution in [3.63, 3.8) is 0 Å². The lowest BCUT2D eigenvalue weighted by molar-refractivity contribution is 0.964. The van der Waals surface area contributed by atoms with Gasteiger partial charge in [0.1, 0.15) is 0 Å². The molecule has 0 spiro atoms. The van der Waals surface area contributed by atoms with E-state index in [1.165, 1.54) is 0 Å². The van der Waals surface area contributed by atoms with Crippen LogP contribution in [-0.2, 0) is 12.6 Å². The van der Waals surface area contributed by atoms with E-state index >= 15 is 0 Å². The van der Waals surface area contributed by atoms with Crippen molar-refractivity contribution in [2.24, 2.45) is 0 Å². The number of nitrogens with zero attached hydrogens (tertiary/aromatic N) is 2. The van der Waals surface area contributed by atoms with Gasteiger partial charge in [0, 0.05) is 16.4 Å². The molecule has 2 rings (SSSR count). The molecule has 0 saturated heterocycles. The number of halogens is 1. The molecule has 2 nitrogen and oxygen atoms in total. The van der Waals surface area contributed by atoms with Gasteiger partial charge in [-0.05, 0) is 29.8 Å². The van der Waals surface area contributed by atoms with Crippen molar-refractivity contribution in [3.05, 3.63) is 52.8 Å². The van der Waals surface area contributed by atoms with E-state index in [2.05, 4.69) is 9.97 Å². The van der Waals surface area contributed by atoms with E-state index in [-0.39, 0.29) is 0 Å². The second-order valence-corrected chi connectivity index (χ2v) is 3.95. The van der Waals surface area contributed by atoms with Crippen molar-refractivity contribution in [1.82, 2.24) is 9.97 Å². The molecule has 1 heterocycles. The summed E-state index contributed by atoms with van der Waals surface area (Å²) in [5.74, 6) is 0. The molecule has 0 bridgehead atoms. The minimum absolute atomic E-state index is 0.359. The molecule has 0 amide bonds. The summed E-state index contributed by atoms with van der Waals surface area (Å²) in [6.07, 6.45) is 5.49. The van der Waals surface area contributed by atoms with Gasteiger partial charge in [-0.2, -0.15) is 0 Å². The highest BCUT2D eigenvalue weighted by Gasteiger charge is 1.89. The van der Waals surface area contributed by atoms with Gasteiger partial charge >= 0.3 is 0 Å². The van der Waals surface area contributed by atoms with Gasteiger partial charge in [-0.15, -0.1) is 0 Å².